The van der Waals surface area contributed by atoms with Crippen LogP contribution < -0.4 is 11.1 Å². The standard InChI is InChI=1S/C29H35N3O4/c1-17-26(29(34)36-19-9-4-3-5-10-19)28(21-12-8-14-25(30)32-21)27-22(31-17)15-18(16-23(27)33)20-11-6-7-13-24(20)35-2/h7-8,12-14,18-19,28,31H,3-6,9-11,15-16H2,1-2H3,(H2,30,32). The molecule has 2 unspecified atom stereocenters. The van der Waals surface area contributed by atoms with E-state index in [1.165, 1.54) is 12.0 Å². The Labute approximate surface area is 212 Å². The van der Waals surface area contributed by atoms with E-state index in [1.807, 2.05) is 25.1 Å². The van der Waals surface area contributed by atoms with Gasteiger partial charge >= 0.3 is 5.97 Å². The summed E-state index contributed by atoms with van der Waals surface area (Å²) in [5.74, 6) is 0.325. The molecule has 0 aromatic carbocycles. The summed E-state index contributed by atoms with van der Waals surface area (Å²) < 4.78 is 11.6. The van der Waals surface area contributed by atoms with Gasteiger partial charge in [0.05, 0.1) is 24.3 Å². The lowest BCUT2D eigenvalue weighted by atomic mass is 9.71. The molecule has 2 heterocycles. The van der Waals surface area contributed by atoms with E-state index in [2.05, 4.69) is 16.4 Å². The lowest BCUT2D eigenvalue weighted by Gasteiger charge is -2.37. The molecule has 0 radical (unpaired) electrons. The van der Waals surface area contributed by atoms with Crippen molar-refractivity contribution in [1.82, 2.24) is 10.3 Å². The number of Topliss-reactive ketones (excluding diaryl/α,β-unsaturated/α-hetero) is 1. The average Bonchev–Trinajstić information content (AvgIpc) is 2.88. The molecule has 0 amide bonds. The molecular formula is C29H35N3O4. The van der Waals surface area contributed by atoms with Crippen LogP contribution in [0.25, 0.3) is 0 Å². The Morgan fingerprint density at radius 3 is 2.72 bits per heavy atom. The number of esters is 1. The van der Waals surface area contributed by atoms with Crippen molar-refractivity contribution >= 4 is 17.6 Å². The Kier molecular flexibility index (Phi) is 6.99. The van der Waals surface area contributed by atoms with E-state index >= 15 is 0 Å². The first-order chi connectivity index (χ1) is 17.5. The minimum absolute atomic E-state index is 0.0240. The van der Waals surface area contributed by atoms with Crippen molar-refractivity contribution in [3.63, 3.8) is 0 Å². The van der Waals surface area contributed by atoms with Gasteiger partial charge in [0.15, 0.2) is 5.78 Å². The Morgan fingerprint density at radius 2 is 1.97 bits per heavy atom. The molecule has 5 rings (SSSR count). The summed E-state index contributed by atoms with van der Waals surface area (Å²) >= 11 is 0. The van der Waals surface area contributed by atoms with Crippen LogP contribution in [0, 0.1) is 5.92 Å². The van der Waals surface area contributed by atoms with E-state index in [9.17, 15) is 9.59 Å². The number of nitrogens with two attached hydrogens (primary N) is 1. The highest BCUT2D eigenvalue weighted by Crippen LogP contribution is 2.46. The number of pyridine rings is 1. The number of nitrogens with one attached hydrogen (secondary N) is 1. The van der Waals surface area contributed by atoms with Crippen molar-refractivity contribution in [2.24, 2.45) is 5.92 Å². The highest BCUT2D eigenvalue weighted by Gasteiger charge is 2.43. The lowest BCUT2D eigenvalue weighted by molar-refractivity contribution is -0.146. The fraction of sp³-hybridized carbons (Fsp3) is 0.483. The molecule has 0 bridgehead atoms. The molecule has 3 aliphatic carbocycles. The number of methoxy groups -OCH3 is 1. The highest BCUT2D eigenvalue weighted by molar-refractivity contribution is 6.04. The summed E-state index contributed by atoms with van der Waals surface area (Å²) in [6, 6.07) is 5.37. The van der Waals surface area contributed by atoms with Gasteiger partial charge in [-0.3, -0.25) is 4.79 Å². The van der Waals surface area contributed by atoms with Crippen LogP contribution in [0.2, 0.25) is 0 Å². The number of hydrogen-bond donors (Lipinski definition) is 2. The topological polar surface area (TPSA) is 104 Å². The number of ketones is 1. The van der Waals surface area contributed by atoms with Crippen molar-refractivity contribution in [3.8, 4) is 0 Å². The van der Waals surface area contributed by atoms with Crippen LogP contribution in [0.3, 0.4) is 0 Å². The van der Waals surface area contributed by atoms with E-state index in [1.54, 1.807) is 13.2 Å². The van der Waals surface area contributed by atoms with E-state index in [4.69, 9.17) is 15.2 Å². The molecule has 3 N–H and O–H groups in total. The number of aromatic nitrogens is 1. The summed E-state index contributed by atoms with van der Waals surface area (Å²) in [5, 5.41) is 3.43. The summed E-state index contributed by atoms with van der Waals surface area (Å²) in [5.41, 5.74) is 10.5. The maximum Gasteiger partial charge on any atom is 0.337 e. The molecule has 1 saturated carbocycles. The molecular weight excluding hydrogens is 454 g/mol. The van der Waals surface area contributed by atoms with Gasteiger partial charge in [0.25, 0.3) is 0 Å². The molecule has 2 atom stereocenters. The van der Waals surface area contributed by atoms with Crippen molar-refractivity contribution < 1.29 is 19.1 Å². The SMILES string of the molecule is COC1=C(C2CC(=O)C3=C(C2)NC(C)=C(C(=O)OC2CCCCC2)C3c2cccc(N)n2)CCC=C1. The maximum absolute atomic E-state index is 13.8. The second-order valence-corrected chi connectivity index (χ2v) is 10.2. The molecule has 1 aromatic heterocycles. The van der Waals surface area contributed by atoms with Gasteiger partial charge in [-0.1, -0.05) is 18.6 Å². The second-order valence-electron chi connectivity index (χ2n) is 10.2. The number of dihydropyridines is 1. The molecule has 0 saturated heterocycles. The van der Waals surface area contributed by atoms with E-state index in [-0.39, 0.29) is 23.8 Å². The van der Waals surface area contributed by atoms with Crippen LogP contribution in [0.4, 0.5) is 5.82 Å². The summed E-state index contributed by atoms with van der Waals surface area (Å²) in [6.07, 6.45) is 12.0. The zero-order chi connectivity index (χ0) is 25.2. The first-order valence-corrected chi connectivity index (χ1v) is 13.1. The van der Waals surface area contributed by atoms with Gasteiger partial charge in [0, 0.05) is 23.4 Å². The van der Waals surface area contributed by atoms with Gasteiger partial charge in [0.2, 0.25) is 0 Å². The lowest BCUT2D eigenvalue weighted by Crippen LogP contribution is -2.38. The van der Waals surface area contributed by atoms with Crippen LogP contribution >= 0.6 is 0 Å². The average molecular weight is 490 g/mol. The van der Waals surface area contributed by atoms with Crippen molar-refractivity contribution in [2.75, 3.05) is 12.8 Å². The molecule has 0 spiro atoms. The predicted molar refractivity (Wildman–Crippen MR) is 137 cm³/mol. The molecule has 7 heteroatoms. The molecule has 1 fully saturated rings. The van der Waals surface area contributed by atoms with Gasteiger partial charge in [-0.25, -0.2) is 9.78 Å². The minimum atomic E-state index is -0.601. The summed E-state index contributed by atoms with van der Waals surface area (Å²) in [6.45, 7) is 1.89. The number of carbonyl (C=O) groups is 2. The number of allylic oxidation sites excluding steroid dienone is 6. The van der Waals surface area contributed by atoms with Gasteiger partial charge in [0.1, 0.15) is 17.7 Å². The molecule has 4 aliphatic rings. The Bertz CT molecular complexity index is 1190. The number of anilines is 1. The van der Waals surface area contributed by atoms with Crippen molar-refractivity contribution in [1.29, 1.82) is 0 Å². The summed E-state index contributed by atoms with van der Waals surface area (Å²) in [7, 11) is 1.68. The van der Waals surface area contributed by atoms with E-state index in [0.717, 1.165) is 50.0 Å². The normalized spacial score (nSPS) is 25.0. The number of nitrogens with zero attached hydrogens (tertiary/aromatic N) is 1. The molecule has 1 aromatic rings. The number of ether oxygens (including phenoxy) is 2. The zero-order valence-electron chi connectivity index (χ0n) is 21.1. The largest absolute Gasteiger partial charge is 0.497 e. The Balaban J connectivity index is 1.53. The van der Waals surface area contributed by atoms with Crippen LogP contribution in [0.5, 0.6) is 0 Å². The predicted octanol–water partition coefficient (Wildman–Crippen LogP) is 4.98. The number of carbonyl (C=O) groups excluding carboxylic acids is 2. The number of nitrogen functional groups attached to an aromatic ring is 1. The first kappa shape index (κ1) is 24.3. The van der Waals surface area contributed by atoms with Crippen molar-refractivity contribution in [2.45, 2.75) is 76.7 Å². The monoisotopic (exact) mass is 489 g/mol. The van der Waals surface area contributed by atoms with Crippen LogP contribution in [0.1, 0.15) is 76.3 Å². The first-order valence-electron chi connectivity index (χ1n) is 13.1. The maximum atomic E-state index is 13.8. The fourth-order valence-electron chi connectivity index (χ4n) is 6.14. The quantitative estimate of drug-likeness (QED) is 0.562. The molecule has 36 heavy (non-hydrogen) atoms. The Morgan fingerprint density at radius 1 is 1.17 bits per heavy atom. The smallest absolute Gasteiger partial charge is 0.337 e. The third-order valence-corrected chi connectivity index (χ3v) is 7.84. The molecule has 1 aliphatic heterocycles. The summed E-state index contributed by atoms with van der Waals surface area (Å²) in [4.78, 5) is 31.9. The van der Waals surface area contributed by atoms with E-state index in [0.29, 0.717) is 41.2 Å². The third kappa shape index (κ3) is 4.71. The van der Waals surface area contributed by atoms with Crippen LogP contribution in [-0.4, -0.2) is 30.0 Å². The fourth-order valence-corrected chi connectivity index (χ4v) is 6.14. The zero-order valence-corrected chi connectivity index (χ0v) is 21.1. The van der Waals surface area contributed by atoms with Crippen LogP contribution in [-0.2, 0) is 19.1 Å². The Hall–Kier alpha value is -3.35. The molecule has 190 valence electrons. The number of hydrogen-bond acceptors (Lipinski definition) is 7. The van der Waals surface area contributed by atoms with Gasteiger partial charge in [-0.05, 0) is 81.6 Å². The van der Waals surface area contributed by atoms with Gasteiger partial charge in [-0.15, -0.1) is 0 Å². The van der Waals surface area contributed by atoms with Gasteiger partial charge in [-0.2, -0.15) is 0 Å². The van der Waals surface area contributed by atoms with E-state index < -0.39 is 5.92 Å². The molecule has 7 nitrogen and oxygen atoms in total. The van der Waals surface area contributed by atoms with Gasteiger partial charge < -0.3 is 20.5 Å². The second kappa shape index (κ2) is 10.3. The highest BCUT2D eigenvalue weighted by atomic mass is 16.5. The number of rotatable bonds is 5. The van der Waals surface area contributed by atoms with Crippen molar-refractivity contribution in [3.05, 3.63) is 69.9 Å². The minimum Gasteiger partial charge on any atom is -0.497 e. The third-order valence-electron chi connectivity index (χ3n) is 7.84. The van der Waals surface area contributed by atoms with Crippen LogP contribution in [0.15, 0.2) is 64.2 Å².